The van der Waals surface area contributed by atoms with Crippen molar-refractivity contribution in [2.45, 2.75) is 25.8 Å². The van der Waals surface area contributed by atoms with E-state index in [9.17, 15) is 14.0 Å². The number of rotatable bonds is 4. The molecule has 2 aliphatic rings. The van der Waals surface area contributed by atoms with Crippen LogP contribution in [0.4, 0.5) is 14.9 Å². The number of carbonyl (C=O) groups excluding carboxylic acids is 2. The molecule has 28 heavy (non-hydrogen) atoms. The second-order valence-corrected chi connectivity index (χ2v) is 7.15. The molecule has 2 heterocycles. The van der Waals surface area contributed by atoms with Gasteiger partial charge in [0.25, 0.3) is 5.91 Å². The summed E-state index contributed by atoms with van der Waals surface area (Å²) < 4.78 is 13.0. The molecule has 0 bridgehead atoms. The zero-order chi connectivity index (χ0) is 19.5. The van der Waals surface area contributed by atoms with Gasteiger partial charge in [0.15, 0.2) is 0 Å². The Morgan fingerprint density at radius 2 is 1.61 bits per heavy atom. The van der Waals surface area contributed by atoms with Gasteiger partial charge in [-0.05, 0) is 60.7 Å². The summed E-state index contributed by atoms with van der Waals surface area (Å²) in [5.74, 6) is -0.732. The Kier molecular flexibility index (Phi) is 5.10. The minimum absolute atomic E-state index is 0.107. The van der Waals surface area contributed by atoms with Crippen molar-refractivity contribution in [3.8, 4) is 0 Å². The monoisotopic (exact) mass is 379 g/mol. The maximum Gasteiger partial charge on any atom is 0.329 e. The number of hydrogen-bond acceptors (Lipinski definition) is 3. The molecule has 2 fully saturated rings. The Hall–Kier alpha value is -3.15. The number of anilines is 1. The average molecular weight is 379 g/mol. The maximum absolute atomic E-state index is 13.0. The summed E-state index contributed by atoms with van der Waals surface area (Å²) in [6.45, 7) is 2.26. The van der Waals surface area contributed by atoms with Crippen molar-refractivity contribution in [2.75, 3.05) is 18.0 Å². The number of nitrogens with zero attached hydrogens (tertiary/aromatic N) is 2. The first-order chi connectivity index (χ1) is 13.6. The molecule has 2 aromatic rings. The van der Waals surface area contributed by atoms with Gasteiger partial charge < -0.3 is 10.2 Å². The van der Waals surface area contributed by atoms with E-state index in [1.807, 2.05) is 12.1 Å². The van der Waals surface area contributed by atoms with Crippen molar-refractivity contribution in [3.05, 3.63) is 71.2 Å². The predicted octanol–water partition coefficient (Wildman–Crippen LogP) is 3.91. The molecule has 0 saturated carbocycles. The Labute approximate surface area is 163 Å². The van der Waals surface area contributed by atoms with Crippen LogP contribution in [0.5, 0.6) is 0 Å². The number of halogens is 1. The Morgan fingerprint density at radius 1 is 0.929 bits per heavy atom. The zero-order valence-electron chi connectivity index (χ0n) is 15.5. The zero-order valence-corrected chi connectivity index (χ0v) is 15.5. The lowest BCUT2D eigenvalue weighted by atomic mass is 10.1. The second-order valence-electron chi connectivity index (χ2n) is 7.15. The SMILES string of the molecule is O=C1N/C(=C\c2ccc(N3CCCCC3)cc2)C(=O)N1Cc1ccc(F)cc1. The van der Waals surface area contributed by atoms with Crippen LogP contribution in [-0.2, 0) is 11.3 Å². The second kappa shape index (κ2) is 7.84. The van der Waals surface area contributed by atoms with Gasteiger partial charge in [0.2, 0.25) is 0 Å². The highest BCUT2D eigenvalue weighted by Crippen LogP contribution is 2.22. The van der Waals surface area contributed by atoms with Crippen LogP contribution in [-0.4, -0.2) is 29.9 Å². The third-order valence-corrected chi connectivity index (χ3v) is 5.14. The van der Waals surface area contributed by atoms with Crippen molar-refractivity contribution in [2.24, 2.45) is 0 Å². The summed E-state index contributed by atoms with van der Waals surface area (Å²) in [7, 11) is 0. The summed E-state index contributed by atoms with van der Waals surface area (Å²) in [5, 5.41) is 2.63. The summed E-state index contributed by atoms with van der Waals surface area (Å²) in [4.78, 5) is 28.3. The molecule has 0 spiro atoms. The molecule has 144 valence electrons. The smallest absolute Gasteiger partial charge is 0.329 e. The number of hydrogen-bond donors (Lipinski definition) is 1. The van der Waals surface area contributed by atoms with Gasteiger partial charge in [-0.25, -0.2) is 9.18 Å². The van der Waals surface area contributed by atoms with Crippen LogP contribution in [0.2, 0.25) is 0 Å². The minimum Gasteiger partial charge on any atom is -0.372 e. The van der Waals surface area contributed by atoms with Gasteiger partial charge in [-0.15, -0.1) is 0 Å². The molecule has 0 atom stereocenters. The van der Waals surface area contributed by atoms with Crippen LogP contribution in [0.1, 0.15) is 30.4 Å². The van der Waals surface area contributed by atoms with Crippen molar-refractivity contribution >= 4 is 23.7 Å². The third kappa shape index (κ3) is 3.91. The molecule has 4 rings (SSSR count). The van der Waals surface area contributed by atoms with Crippen molar-refractivity contribution in [1.29, 1.82) is 0 Å². The van der Waals surface area contributed by atoms with Gasteiger partial charge in [-0.1, -0.05) is 24.3 Å². The molecule has 3 amide bonds. The van der Waals surface area contributed by atoms with E-state index in [2.05, 4.69) is 22.3 Å². The number of piperidine rings is 1. The molecule has 0 radical (unpaired) electrons. The van der Waals surface area contributed by atoms with E-state index in [0.717, 1.165) is 23.6 Å². The fraction of sp³-hybridized carbons (Fsp3) is 0.273. The van der Waals surface area contributed by atoms with Crippen LogP contribution in [0.3, 0.4) is 0 Å². The molecule has 2 aliphatic heterocycles. The van der Waals surface area contributed by atoms with E-state index in [1.165, 1.54) is 37.1 Å². The lowest BCUT2D eigenvalue weighted by molar-refractivity contribution is -0.123. The summed E-state index contributed by atoms with van der Waals surface area (Å²) in [6, 6.07) is 13.3. The van der Waals surface area contributed by atoms with Crippen LogP contribution in [0.15, 0.2) is 54.2 Å². The van der Waals surface area contributed by atoms with E-state index >= 15 is 0 Å². The average Bonchev–Trinajstić information content (AvgIpc) is 2.98. The molecule has 2 aromatic carbocycles. The molecular weight excluding hydrogens is 357 g/mol. The third-order valence-electron chi connectivity index (χ3n) is 5.14. The van der Waals surface area contributed by atoms with E-state index in [0.29, 0.717) is 5.56 Å². The normalized spacial score (nSPS) is 18.7. The first-order valence-corrected chi connectivity index (χ1v) is 9.54. The quantitative estimate of drug-likeness (QED) is 0.647. The highest BCUT2D eigenvalue weighted by molar-refractivity contribution is 6.13. The molecule has 0 aliphatic carbocycles. The standard InChI is InChI=1S/C22H22FN3O2/c23-18-8-4-17(5-9-18)15-26-21(27)20(24-22(26)28)14-16-6-10-19(11-7-16)25-12-2-1-3-13-25/h4-11,14H,1-3,12-13,15H2,(H,24,28)/b20-14-. The number of benzene rings is 2. The predicted molar refractivity (Wildman–Crippen MR) is 106 cm³/mol. The van der Waals surface area contributed by atoms with Crippen molar-refractivity contribution in [3.63, 3.8) is 0 Å². The Bertz CT molecular complexity index is 900. The fourth-order valence-electron chi connectivity index (χ4n) is 3.59. The molecule has 1 N–H and O–H groups in total. The first-order valence-electron chi connectivity index (χ1n) is 9.54. The molecule has 6 heteroatoms. The number of amides is 3. The summed E-state index contributed by atoms with van der Waals surface area (Å²) >= 11 is 0. The number of carbonyl (C=O) groups is 2. The molecule has 5 nitrogen and oxygen atoms in total. The maximum atomic E-state index is 13.0. The van der Waals surface area contributed by atoms with Crippen molar-refractivity contribution < 1.29 is 14.0 Å². The lowest BCUT2D eigenvalue weighted by Gasteiger charge is -2.28. The van der Waals surface area contributed by atoms with Crippen LogP contribution < -0.4 is 10.2 Å². The summed E-state index contributed by atoms with van der Waals surface area (Å²) in [6.07, 6.45) is 5.41. The summed E-state index contributed by atoms with van der Waals surface area (Å²) in [5.41, 5.74) is 2.98. The van der Waals surface area contributed by atoms with E-state index in [4.69, 9.17) is 0 Å². The minimum atomic E-state index is -0.467. The largest absolute Gasteiger partial charge is 0.372 e. The van der Waals surface area contributed by atoms with Gasteiger partial charge in [-0.3, -0.25) is 9.69 Å². The van der Waals surface area contributed by atoms with Crippen molar-refractivity contribution in [1.82, 2.24) is 10.2 Å². The van der Waals surface area contributed by atoms with E-state index in [1.54, 1.807) is 18.2 Å². The van der Waals surface area contributed by atoms with Gasteiger partial charge >= 0.3 is 6.03 Å². The van der Waals surface area contributed by atoms with Gasteiger partial charge in [0.05, 0.1) is 6.54 Å². The number of nitrogens with one attached hydrogen (secondary N) is 1. The van der Waals surface area contributed by atoms with E-state index < -0.39 is 6.03 Å². The number of imide groups is 1. The highest BCUT2D eigenvalue weighted by atomic mass is 19.1. The van der Waals surface area contributed by atoms with Gasteiger partial charge in [0.1, 0.15) is 11.5 Å². The van der Waals surface area contributed by atoms with Crippen LogP contribution in [0.25, 0.3) is 6.08 Å². The van der Waals surface area contributed by atoms with Gasteiger partial charge in [0, 0.05) is 18.8 Å². The topological polar surface area (TPSA) is 52.7 Å². The lowest BCUT2D eigenvalue weighted by Crippen LogP contribution is -2.30. The highest BCUT2D eigenvalue weighted by Gasteiger charge is 2.33. The molecular formula is C22H22FN3O2. The molecule has 0 aromatic heterocycles. The van der Waals surface area contributed by atoms with E-state index in [-0.39, 0.29) is 24.0 Å². The fourth-order valence-corrected chi connectivity index (χ4v) is 3.59. The van der Waals surface area contributed by atoms with Crippen LogP contribution >= 0.6 is 0 Å². The van der Waals surface area contributed by atoms with Gasteiger partial charge in [-0.2, -0.15) is 0 Å². The molecule has 2 saturated heterocycles. The molecule has 0 unspecified atom stereocenters. The Balaban J connectivity index is 1.46. The first kappa shape index (κ1) is 18.2. The van der Waals surface area contributed by atoms with Crippen LogP contribution in [0, 0.1) is 5.82 Å². The Morgan fingerprint density at radius 3 is 2.29 bits per heavy atom. The number of urea groups is 1.